The van der Waals surface area contributed by atoms with Crippen molar-refractivity contribution in [2.45, 2.75) is 19.4 Å². The monoisotopic (exact) mass is 260 g/mol. The van der Waals surface area contributed by atoms with Gasteiger partial charge in [-0.05, 0) is 24.6 Å². The molecule has 5 nitrogen and oxygen atoms in total. The molecular weight excluding hydrogens is 244 g/mol. The van der Waals surface area contributed by atoms with Gasteiger partial charge in [-0.15, -0.1) is 6.42 Å². The number of nitrogens with one attached hydrogen (secondary N) is 1. The van der Waals surface area contributed by atoms with Crippen molar-refractivity contribution in [2.24, 2.45) is 0 Å². The van der Waals surface area contributed by atoms with Gasteiger partial charge in [0.25, 0.3) is 0 Å². The Labute approximate surface area is 112 Å². The van der Waals surface area contributed by atoms with Crippen LogP contribution in [0.15, 0.2) is 24.3 Å². The molecule has 0 heterocycles. The van der Waals surface area contributed by atoms with Crippen LogP contribution in [0.3, 0.4) is 0 Å². The van der Waals surface area contributed by atoms with Gasteiger partial charge >= 0.3 is 12.0 Å². The first-order valence-corrected chi connectivity index (χ1v) is 5.82. The Kier molecular flexibility index (Phi) is 4.95. The van der Waals surface area contributed by atoms with Crippen LogP contribution in [0, 0.1) is 12.3 Å². The van der Waals surface area contributed by atoms with E-state index in [1.807, 2.05) is 0 Å². The van der Waals surface area contributed by atoms with Crippen LogP contribution in [0.2, 0.25) is 0 Å². The van der Waals surface area contributed by atoms with Gasteiger partial charge in [-0.25, -0.2) is 9.59 Å². The average Bonchev–Trinajstić information content (AvgIpc) is 2.39. The SMILES string of the molecule is C#Cc1cccc(NC(=O)N(C)C(CC)C(=O)O)c1. The quantitative estimate of drug-likeness (QED) is 0.813. The van der Waals surface area contributed by atoms with E-state index in [9.17, 15) is 9.59 Å². The standard InChI is InChI=1S/C14H16N2O3/c1-4-10-7-6-8-11(9-10)15-14(19)16(3)12(5-2)13(17)18/h1,6-9,12H,5H2,2-3H3,(H,15,19)(H,17,18). The largest absolute Gasteiger partial charge is 0.480 e. The number of carbonyl (C=O) groups is 2. The molecule has 0 aliphatic heterocycles. The number of benzene rings is 1. The van der Waals surface area contributed by atoms with E-state index in [2.05, 4.69) is 11.2 Å². The fourth-order valence-electron chi connectivity index (χ4n) is 1.65. The molecule has 2 amide bonds. The van der Waals surface area contributed by atoms with Crippen LogP contribution in [-0.4, -0.2) is 35.1 Å². The summed E-state index contributed by atoms with van der Waals surface area (Å²) in [6.45, 7) is 1.71. The van der Waals surface area contributed by atoms with Crippen molar-refractivity contribution in [3.63, 3.8) is 0 Å². The molecule has 0 spiro atoms. The van der Waals surface area contributed by atoms with Crippen molar-refractivity contribution in [1.29, 1.82) is 0 Å². The molecule has 0 aromatic heterocycles. The Morgan fingerprint density at radius 3 is 2.74 bits per heavy atom. The zero-order valence-corrected chi connectivity index (χ0v) is 10.9. The number of carbonyl (C=O) groups excluding carboxylic acids is 1. The second-order valence-corrected chi connectivity index (χ2v) is 4.03. The van der Waals surface area contributed by atoms with Gasteiger partial charge < -0.3 is 15.3 Å². The molecular formula is C14H16N2O3. The molecule has 0 aliphatic rings. The van der Waals surface area contributed by atoms with Crippen LogP contribution < -0.4 is 5.32 Å². The Balaban J connectivity index is 2.79. The number of amides is 2. The maximum Gasteiger partial charge on any atom is 0.326 e. The number of hydrogen-bond donors (Lipinski definition) is 2. The Hall–Kier alpha value is -2.48. The van der Waals surface area contributed by atoms with Crippen molar-refractivity contribution in [3.05, 3.63) is 29.8 Å². The lowest BCUT2D eigenvalue weighted by Crippen LogP contribution is -2.44. The molecule has 1 unspecified atom stereocenters. The highest BCUT2D eigenvalue weighted by molar-refractivity contribution is 5.92. The smallest absolute Gasteiger partial charge is 0.326 e. The predicted molar refractivity (Wildman–Crippen MR) is 72.9 cm³/mol. The summed E-state index contributed by atoms with van der Waals surface area (Å²) in [5.74, 6) is 1.43. The molecule has 5 heteroatoms. The molecule has 0 bridgehead atoms. The highest BCUT2D eigenvalue weighted by atomic mass is 16.4. The minimum Gasteiger partial charge on any atom is -0.480 e. The second-order valence-electron chi connectivity index (χ2n) is 4.03. The molecule has 0 aliphatic carbocycles. The number of nitrogens with zero attached hydrogens (tertiary/aromatic N) is 1. The molecule has 0 radical (unpaired) electrons. The number of aliphatic carboxylic acids is 1. The van der Waals surface area contributed by atoms with Gasteiger partial charge in [0, 0.05) is 18.3 Å². The van der Waals surface area contributed by atoms with Gasteiger partial charge in [-0.3, -0.25) is 0 Å². The predicted octanol–water partition coefficient (Wildman–Crippen LogP) is 1.99. The summed E-state index contributed by atoms with van der Waals surface area (Å²) in [6.07, 6.45) is 5.60. The number of urea groups is 1. The summed E-state index contributed by atoms with van der Waals surface area (Å²) in [5, 5.41) is 11.6. The molecule has 1 atom stereocenters. The topological polar surface area (TPSA) is 69.6 Å². The van der Waals surface area contributed by atoms with Gasteiger partial charge in [-0.1, -0.05) is 18.9 Å². The summed E-state index contributed by atoms with van der Waals surface area (Å²) in [6, 6.07) is 5.46. The van der Waals surface area contributed by atoms with Crippen molar-refractivity contribution >= 4 is 17.7 Å². The Morgan fingerprint density at radius 1 is 1.53 bits per heavy atom. The van der Waals surface area contributed by atoms with Gasteiger partial charge in [0.15, 0.2) is 0 Å². The minimum atomic E-state index is -1.03. The molecule has 1 aromatic carbocycles. The highest BCUT2D eigenvalue weighted by Gasteiger charge is 2.24. The van der Waals surface area contributed by atoms with Crippen molar-refractivity contribution < 1.29 is 14.7 Å². The fourth-order valence-corrected chi connectivity index (χ4v) is 1.65. The van der Waals surface area contributed by atoms with Gasteiger partial charge in [0.2, 0.25) is 0 Å². The average molecular weight is 260 g/mol. The van der Waals surface area contributed by atoms with E-state index in [-0.39, 0.29) is 0 Å². The second kappa shape index (κ2) is 6.45. The molecule has 100 valence electrons. The van der Waals surface area contributed by atoms with Crippen molar-refractivity contribution in [3.8, 4) is 12.3 Å². The van der Waals surface area contributed by atoms with E-state index in [4.69, 9.17) is 11.5 Å². The third-order valence-corrected chi connectivity index (χ3v) is 2.74. The maximum atomic E-state index is 11.9. The zero-order valence-electron chi connectivity index (χ0n) is 10.9. The maximum absolute atomic E-state index is 11.9. The van der Waals surface area contributed by atoms with Gasteiger partial charge in [-0.2, -0.15) is 0 Å². The van der Waals surface area contributed by atoms with E-state index >= 15 is 0 Å². The summed E-state index contributed by atoms with van der Waals surface area (Å²) in [4.78, 5) is 24.1. The number of likely N-dealkylation sites (N-methyl/N-ethyl adjacent to an activating group) is 1. The van der Waals surface area contributed by atoms with Crippen LogP contribution in [0.25, 0.3) is 0 Å². The Bertz CT molecular complexity index is 520. The van der Waals surface area contributed by atoms with Crippen molar-refractivity contribution in [1.82, 2.24) is 4.90 Å². The minimum absolute atomic E-state index is 0.337. The first-order chi connectivity index (χ1) is 8.99. The summed E-state index contributed by atoms with van der Waals surface area (Å²) >= 11 is 0. The number of anilines is 1. The number of hydrogen-bond acceptors (Lipinski definition) is 2. The molecule has 0 saturated heterocycles. The normalized spacial score (nSPS) is 11.2. The Morgan fingerprint density at radius 2 is 2.21 bits per heavy atom. The molecule has 1 aromatic rings. The summed E-state index contributed by atoms with van der Waals surface area (Å²) < 4.78 is 0. The number of rotatable bonds is 4. The summed E-state index contributed by atoms with van der Waals surface area (Å²) in [5.41, 5.74) is 1.18. The number of carboxylic acids is 1. The first kappa shape index (κ1) is 14.6. The van der Waals surface area contributed by atoms with E-state index in [0.717, 1.165) is 4.90 Å². The molecule has 0 fully saturated rings. The third kappa shape index (κ3) is 3.75. The third-order valence-electron chi connectivity index (χ3n) is 2.74. The lowest BCUT2D eigenvalue weighted by atomic mass is 10.2. The fraction of sp³-hybridized carbons (Fsp3) is 0.286. The highest BCUT2D eigenvalue weighted by Crippen LogP contribution is 2.12. The van der Waals surface area contributed by atoms with Crippen LogP contribution in [-0.2, 0) is 4.79 Å². The molecule has 0 saturated carbocycles. The van der Waals surface area contributed by atoms with Crippen LogP contribution >= 0.6 is 0 Å². The first-order valence-electron chi connectivity index (χ1n) is 5.82. The van der Waals surface area contributed by atoms with E-state index in [1.54, 1.807) is 31.2 Å². The zero-order chi connectivity index (χ0) is 14.4. The van der Waals surface area contributed by atoms with Crippen LogP contribution in [0.5, 0.6) is 0 Å². The lowest BCUT2D eigenvalue weighted by Gasteiger charge is -2.24. The molecule has 2 N–H and O–H groups in total. The number of carboxylic acid groups (broad SMARTS) is 1. The van der Waals surface area contributed by atoms with E-state index in [0.29, 0.717) is 17.7 Å². The molecule has 19 heavy (non-hydrogen) atoms. The van der Waals surface area contributed by atoms with Crippen LogP contribution in [0.1, 0.15) is 18.9 Å². The lowest BCUT2D eigenvalue weighted by molar-refractivity contribution is -0.141. The van der Waals surface area contributed by atoms with Gasteiger partial charge in [0.05, 0.1) is 0 Å². The van der Waals surface area contributed by atoms with Crippen molar-refractivity contribution in [2.75, 3.05) is 12.4 Å². The summed E-state index contributed by atoms with van der Waals surface area (Å²) in [7, 11) is 1.45. The van der Waals surface area contributed by atoms with E-state index < -0.39 is 18.0 Å². The van der Waals surface area contributed by atoms with Crippen LogP contribution in [0.4, 0.5) is 10.5 Å². The molecule has 1 rings (SSSR count). The van der Waals surface area contributed by atoms with E-state index in [1.165, 1.54) is 7.05 Å². The van der Waals surface area contributed by atoms with Gasteiger partial charge in [0.1, 0.15) is 6.04 Å². The number of terminal acetylenes is 1.